The summed E-state index contributed by atoms with van der Waals surface area (Å²) in [5, 5.41) is 3.96. The molecule has 12 nitrogen and oxygen atoms in total. The van der Waals surface area contributed by atoms with E-state index in [-0.39, 0.29) is 30.0 Å². The number of para-hydroxylation sites is 1. The molecule has 0 saturated carbocycles. The number of aromatic nitrogens is 1. The van der Waals surface area contributed by atoms with Crippen LogP contribution in [0.5, 0.6) is 0 Å². The van der Waals surface area contributed by atoms with E-state index in [0.29, 0.717) is 51.6 Å². The largest absolute Gasteiger partial charge is 0.436 e. The third kappa shape index (κ3) is 7.62. The van der Waals surface area contributed by atoms with Gasteiger partial charge in [-0.15, -0.1) is 0 Å². The van der Waals surface area contributed by atoms with Gasteiger partial charge in [0.1, 0.15) is 0 Å². The summed E-state index contributed by atoms with van der Waals surface area (Å²) in [6.45, 7) is 8.49. The second-order valence-electron chi connectivity index (χ2n) is 14.8. The van der Waals surface area contributed by atoms with Crippen molar-refractivity contribution in [3.05, 3.63) is 75.6 Å². The number of amides is 4. The summed E-state index contributed by atoms with van der Waals surface area (Å²) in [5.74, 6) is -0.166. The van der Waals surface area contributed by atoms with E-state index in [1.165, 1.54) is 0 Å². The molecular formula is C39H51N7O5. The highest BCUT2D eigenvalue weighted by molar-refractivity contribution is 5.91. The Morgan fingerprint density at radius 1 is 0.824 bits per heavy atom. The van der Waals surface area contributed by atoms with Gasteiger partial charge in [0.05, 0.1) is 5.52 Å². The van der Waals surface area contributed by atoms with Crippen molar-refractivity contribution in [3.8, 4) is 0 Å². The van der Waals surface area contributed by atoms with Crippen molar-refractivity contribution in [3.63, 3.8) is 0 Å². The van der Waals surface area contributed by atoms with Crippen molar-refractivity contribution in [2.24, 2.45) is 7.05 Å². The molecule has 3 fully saturated rings. The highest BCUT2D eigenvalue weighted by Gasteiger charge is 2.36. The molecule has 0 aliphatic carbocycles. The Hall–Kier alpha value is -4.42. The maximum atomic E-state index is 14.2. The highest BCUT2D eigenvalue weighted by atomic mass is 16.6. The van der Waals surface area contributed by atoms with Crippen molar-refractivity contribution >= 4 is 34.6 Å². The SMILES string of the molecule is Cc1cc(C[C@@H](OC(=O)N2CCC(N3CCc4ccccc4NC3=O)CC2)C(=O)N2CCN(C3CCN(C)CC3)CC2)cc2ccc(=O)n(C)c12. The molecule has 7 rings (SSSR count). The van der Waals surface area contributed by atoms with Gasteiger partial charge in [0, 0.05) is 83.1 Å². The second kappa shape index (κ2) is 15.1. The zero-order chi connectivity index (χ0) is 35.6. The molecule has 272 valence electrons. The zero-order valence-corrected chi connectivity index (χ0v) is 30.2. The molecule has 1 N–H and O–H groups in total. The molecule has 1 atom stereocenters. The van der Waals surface area contributed by atoms with Crippen LogP contribution in [0.3, 0.4) is 0 Å². The Kier molecular flexibility index (Phi) is 10.3. The number of anilines is 1. The van der Waals surface area contributed by atoms with Crippen molar-refractivity contribution in [2.75, 3.05) is 71.3 Å². The average molecular weight is 698 g/mol. The summed E-state index contributed by atoms with van der Waals surface area (Å²) < 4.78 is 7.79. The van der Waals surface area contributed by atoms with Gasteiger partial charge in [0.25, 0.3) is 11.5 Å². The Morgan fingerprint density at radius 3 is 2.27 bits per heavy atom. The van der Waals surface area contributed by atoms with Gasteiger partial charge in [-0.25, -0.2) is 9.59 Å². The Balaban J connectivity index is 1.03. The maximum absolute atomic E-state index is 14.2. The number of fused-ring (bicyclic) bond motifs is 2. The summed E-state index contributed by atoms with van der Waals surface area (Å²) in [7, 11) is 3.93. The molecule has 0 unspecified atom stereocenters. The molecule has 0 radical (unpaired) electrons. The number of ether oxygens (including phenoxy) is 1. The Labute approximate surface area is 299 Å². The maximum Gasteiger partial charge on any atom is 0.410 e. The lowest BCUT2D eigenvalue weighted by atomic mass is 10.00. The molecule has 0 bridgehead atoms. The predicted molar refractivity (Wildman–Crippen MR) is 197 cm³/mol. The summed E-state index contributed by atoms with van der Waals surface area (Å²) in [4.78, 5) is 63.8. The van der Waals surface area contributed by atoms with Crippen LogP contribution in [0.15, 0.2) is 53.3 Å². The van der Waals surface area contributed by atoms with Crippen molar-refractivity contribution in [1.29, 1.82) is 0 Å². The zero-order valence-electron chi connectivity index (χ0n) is 30.2. The number of likely N-dealkylation sites (tertiary alicyclic amines) is 2. The molecule has 12 heteroatoms. The van der Waals surface area contributed by atoms with Gasteiger partial charge in [-0.05, 0) is 99.4 Å². The smallest absolute Gasteiger partial charge is 0.410 e. The standard InChI is InChI=1S/C39H51N7O5/c1-27-24-28(25-30-8-9-35(47)42(3)36(27)30)26-34(37(48)44-22-20-43(21-23-44)31-11-15-41(2)16-12-31)51-39(50)45-17-13-32(14-18-45)46-19-10-29-6-4-5-7-33(29)40-38(46)49/h4-9,24-25,31-32,34H,10-23,26H2,1-3H3,(H,40,49)/t34-/m1/s1. The van der Waals surface area contributed by atoms with Crippen LogP contribution in [0.4, 0.5) is 15.3 Å². The summed E-state index contributed by atoms with van der Waals surface area (Å²) in [5.41, 5.74) is 4.55. The van der Waals surface area contributed by atoms with Crippen molar-refractivity contribution < 1.29 is 19.1 Å². The number of piperazine rings is 1. The Morgan fingerprint density at radius 2 is 1.53 bits per heavy atom. The number of piperidine rings is 2. The molecule has 5 heterocycles. The fraction of sp³-hybridized carbons (Fsp3) is 0.538. The van der Waals surface area contributed by atoms with Gasteiger partial charge >= 0.3 is 12.1 Å². The van der Waals surface area contributed by atoms with E-state index in [0.717, 1.165) is 78.7 Å². The molecule has 1 aromatic heterocycles. The number of urea groups is 1. The first-order chi connectivity index (χ1) is 24.6. The fourth-order valence-electron chi connectivity index (χ4n) is 8.53. The van der Waals surface area contributed by atoms with E-state index in [2.05, 4.69) is 22.2 Å². The lowest BCUT2D eigenvalue weighted by Crippen LogP contribution is -2.56. The minimum absolute atomic E-state index is 0.0122. The molecule has 4 aliphatic rings. The molecule has 2 aromatic carbocycles. The minimum atomic E-state index is -0.982. The third-order valence-corrected chi connectivity index (χ3v) is 11.5. The van der Waals surface area contributed by atoms with E-state index in [1.54, 1.807) is 22.6 Å². The number of benzene rings is 2. The van der Waals surface area contributed by atoms with Crippen molar-refractivity contribution in [2.45, 2.75) is 63.6 Å². The van der Waals surface area contributed by atoms with Gasteiger partial charge in [-0.3, -0.25) is 14.5 Å². The molecule has 4 aliphatic heterocycles. The van der Waals surface area contributed by atoms with Crippen molar-refractivity contribution in [1.82, 2.24) is 29.1 Å². The van der Waals surface area contributed by atoms with Gasteiger partial charge < -0.3 is 34.2 Å². The number of carbonyl (C=O) groups excluding carboxylic acids is 3. The van der Waals surface area contributed by atoms with Gasteiger partial charge in [0.2, 0.25) is 0 Å². The van der Waals surface area contributed by atoms with E-state index in [1.807, 2.05) is 59.2 Å². The number of nitrogens with one attached hydrogen (secondary N) is 1. The number of pyridine rings is 1. The number of hydrogen-bond donors (Lipinski definition) is 1. The number of hydrogen-bond acceptors (Lipinski definition) is 7. The normalized spacial score (nSPS) is 20.5. The average Bonchev–Trinajstić information content (AvgIpc) is 3.31. The van der Waals surface area contributed by atoms with Crippen LogP contribution in [0.1, 0.15) is 42.4 Å². The lowest BCUT2D eigenvalue weighted by molar-refractivity contribution is -0.143. The first-order valence-electron chi connectivity index (χ1n) is 18.6. The topological polar surface area (TPSA) is 111 Å². The van der Waals surface area contributed by atoms with E-state index in [9.17, 15) is 19.2 Å². The second-order valence-corrected chi connectivity index (χ2v) is 14.8. The van der Waals surface area contributed by atoms with Crippen LogP contribution < -0.4 is 10.9 Å². The molecule has 3 aromatic rings. The number of rotatable bonds is 6. The molecular weight excluding hydrogens is 646 g/mol. The van der Waals surface area contributed by atoms with E-state index >= 15 is 0 Å². The van der Waals surface area contributed by atoms with Crippen LogP contribution in [-0.2, 0) is 29.4 Å². The van der Waals surface area contributed by atoms with Gasteiger partial charge in [-0.2, -0.15) is 0 Å². The number of aryl methyl sites for hydroxylation is 2. The number of carbonyl (C=O) groups is 3. The number of nitrogens with zero attached hydrogens (tertiary/aromatic N) is 6. The van der Waals surface area contributed by atoms with E-state index in [4.69, 9.17) is 4.74 Å². The molecule has 4 amide bonds. The quantitative estimate of drug-likeness (QED) is 0.419. The summed E-state index contributed by atoms with van der Waals surface area (Å²) in [6, 6.07) is 15.7. The molecule has 51 heavy (non-hydrogen) atoms. The summed E-state index contributed by atoms with van der Waals surface area (Å²) >= 11 is 0. The van der Waals surface area contributed by atoms with E-state index < -0.39 is 12.2 Å². The third-order valence-electron chi connectivity index (χ3n) is 11.5. The molecule has 0 spiro atoms. The lowest BCUT2D eigenvalue weighted by Gasteiger charge is -2.42. The first kappa shape index (κ1) is 35.0. The van der Waals surface area contributed by atoms with Crippen LogP contribution in [-0.4, -0.2) is 131 Å². The first-order valence-corrected chi connectivity index (χ1v) is 18.6. The van der Waals surface area contributed by atoms with Gasteiger partial charge in [-0.1, -0.05) is 24.3 Å². The molecule has 3 saturated heterocycles. The highest BCUT2D eigenvalue weighted by Crippen LogP contribution is 2.26. The fourth-order valence-corrected chi connectivity index (χ4v) is 8.53. The van der Waals surface area contributed by atoms with Crippen LogP contribution in [0.25, 0.3) is 10.9 Å². The monoisotopic (exact) mass is 697 g/mol. The van der Waals surface area contributed by atoms with Crippen LogP contribution in [0.2, 0.25) is 0 Å². The van der Waals surface area contributed by atoms with Crippen LogP contribution in [0, 0.1) is 6.92 Å². The minimum Gasteiger partial charge on any atom is -0.436 e. The predicted octanol–water partition coefficient (Wildman–Crippen LogP) is 3.69. The Bertz CT molecular complexity index is 1820. The van der Waals surface area contributed by atoms with Gasteiger partial charge in [0.15, 0.2) is 6.10 Å². The summed E-state index contributed by atoms with van der Waals surface area (Å²) in [6.07, 6.45) is 3.10. The van der Waals surface area contributed by atoms with Crippen LogP contribution >= 0.6 is 0 Å².